The molecular weight excluding hydrogens is 214 g/mol. The summed E-state index contributed by atoms with van der Waals surface area (Å²) in [5.41, 5.74) is -0.541. The van der Waals surface area contributed by atoms with Crippen LogP contribution in [0.2, 0.25) is 0 Å². The Balaban J connectivity index is 2.62. The van der Waals surface area contributed by atoms with Crippen LogP contribution in [0.15, 0.2) is 30.9 Å². The van der Waals surface area contributed by atoms with Gasteiger partial charge in [-0.2, -0.15) is 0 Å². The maximum Gasteiger partial charge on any atom is 0.194 e. The lowest BCUT2D eigenvalue weighted by Crippen LogP contribution is -2.13. The second-order valence-corrected chi connectivity index (χ2v) is 3.15. The number of ketones is 1. The monoisotopic (exact) mass is 226 g/mol. The minimum atomic E-state index is -0.864. The lowest BCUT2D eigenvalue weighted by atomic mass is 10.1. The summed E-state index contributed by atoms with van der Waals surface area (Å²) in [5, 5.41) is 0. The van der Waals surface area contributed by atoms with Crippen LogP contribution >= 0.6 is 0 Å². The zero-order valence-electron chi connectivity index (χ0n) is 8.71. The maximum absolute atomic E-state index is 13.1. The predicted octanol–water partition coefficient (Wildman–Crippen LogP) is 2.74. The summed E-state index contributed by atoms with van der Waals surface area (Å²) >= 11 is 0. The molecule has 86 valence electrons. The first kappa shape index (κ1) is 12.5. The van der Waals surface area contributed by atoms with Gasteiger partial charge in [0.2, 0.25) is 0 Å². The number of benzene rings is 1. The number of hydrogen-bond donors (Lipinski definition) is 0. The van der Waals surface area contributed by atoms with E-state index in [1.165, 1.54) is 6.07 Å². The Morgan fingerprint density at radius 2 is 2.00 bits per heavy atom. The zero-order valence-corrected chi connectivity index (χ0v) is 8.71. The molecule has 0 N–H and O–H groups in total. The van der Waals surface area contributed by atoms with Crippen molar-refractivity contribution in [2.45, 2.75) is 6.42 Å². The minimum absolute atomic E-state index is 0.311. The molecular formula is C12H12F2O2. The smallest absolute Gasteiger partial charge is 0.194 e. The first-order valence-corrected chi connectivity index (χ1v) is 4.82. The van der Waals surface area contributed by atoms with E-state index in [0.29, 0.717) is 13.0 Å². The van der Waals surface area contributed by atoms with Gasteiger partial charge >= 0.3 is 0 Å². The van der Waals surface area contributed by atoms with Crippen LogP contribution in [0.1, 0.15) is 16.8 Å². The fourth-order valence-electron chi connectivity index (χ4n) is 1.17. The van der Waals surface area contributed by atoms with Crippen LogP contribution in [0, 0.1) is 11.6 Å². The number of ether oxygens (including phenoxy) is 1. The van der Waals surface area contributed by atoms with Crippen molar-refractivity contribution in [1.82, 2.24) is 0 Å². The number of rotatable bonds is 6. The third kappa shape index (κ3) is 3.24. The average Bonchev–Trinajstić information content (AvgIpc) is 2.24. The van der Waals surface area contributed by atoms with Crippen molar-refractivity contribution in [2.75, 3.05) is 13.2 Å². The summed E-state index contributed by atoms with van der Waals surface area (Å²) in [5.74, 6) is -2.42. The van der Waals surface area contributed by atoms with E-state index in [1.807, 2.05) is 0 Å². The Morgan fingerprint density at radius 3 is 2.56 bits per heavy atom. The summed E-state index contributed by atoms with van der Waals surface area (Å²) in [4.78, 5) is 11.4. The molecule has 0 amide bonds. The van der Waals surface area contributed by atoms with Gasteiger partial charge in [-0.25, -0.2) is 8.78 Å². The SMILES string of the molecule is C=CCCOCC(=O)c1c(F)cccc1F. The Hall–Kier alpha value is -1.55. The first-order valence-electron chi connectivity index (χ1n) is 4.82. The molecule has 1 rings (SSSR count). The average molecular weight is 226 g/mol. The van der Waals surface area contributed by atoms with E-state index in [0.717, 1.165) is 12.1 Å². The lowest BCUT2D eigenvalue weighted by Gasteiger charge is -2.04. The van der Waals surface area contributed by atoms with Crippen molar-refractivity contribution in [3.05, 3.63) is 48.1 Å². The molecule has 0 aliphatic heterocycles. The van der Waals surface area contributed by atoms with Crippen molar-refractivity contribution in [1.29, 1.82) is 0 Å². The van der Waals surface area contributed by atoms with Gasteiger partial charge in [-0.15, -0.1) is 6.58 Å². The van der Waals surface area contributed by atoms with Gasteiger partial charge in [-0.05, 0) is 18.6 Å². The molecule has 0 aliphatic carbocycles. The van der Waals surface area contributed by atoms with Gasteiger partial charge in [-0.3, -0.25) is 4.79 Å². The molecule has 0 fully saturated rings. The molecule has 0 saturated carbocycles. The normalized spacial score (nSPS) is 10.1. The van der Waals surface area contributed by atoms with Gasteiger partial charge in [0, 0.05) is 0 Å². The van der Waals surface area contributed by atoms with E-state index in [1.54, 1.807) is 6.08 Å². The Kier molecular flexibility index (Phi) is 4.79. The topological polar surface area (TPSA) is 26.3 Å². The molecule has 2 nitrogen and oxygen atoms in total. The van der Waals surface area contributed by atoms with E-state index in [4.69, 9.17) is 4.74 Å². The van der Waals surface area contributed by atoms with Gasteiger partial charge in [-0.1, -0.05) is 12.1 Å². The van der Waals surface area contributed by atoms with E-state index >= 15 is 0 Å². The van der Waals surface area contributed by atoms with Gasteiger partial charge in [0.25, 0.3) is 0 Å². The molecule has 0 aromatic heterocycles. The maximum atomic E-state index is 13.1. The van der Waals surface area contributed by atoms with Crippen molar-refractivity contribution in [3.63, 3.8) is 0 Å². The van der Waals surface area contributed by atoms with Crippen LogP contribution in [0.3, 0.4) is 0 Å². The zero-order chi connectivity index (χ0) is 12.0. The summed E-state index contributed by atoms with van der Waals surface area (Å²) in [6.45, 7) is 3.46. The third-order valence-electron chi connectivity index (χ3n) is 1.94. The van der Waals surface area contributed by atoms with Gasteiger partial charge in [0.05, 0.1) is 12.2 Å². The molecule has 0 heterocycles. The molecule has 0 spiro atoms. The van der Waals surface area contributed by atoms with Crippen molar-refractivity contribution in [2.24, 2.45) is 0 Å². The third-order valence-corrected chi connectivity index (χ3v) is 1.94. The van der Waals surface area contributed by atoms with Crippen molar-refractivity contribution < 1.29 is 18.3 Å². The largest absolute Gasteiger partial charge is 0.373 e. The van der Waals surface area contributed by atoms with Crippen LogP contribution in [-0.2, 0) is 4.74 Å². The molecule has 0 radical (unpaired) electrons. The number of hydrogen-bond acceptors (Lipinski definition) is 2. The first-order chi connectivity index (χ1) is 7.66. The van der Waals surface area contributed by atoms with Crippen LogP contribution < -0.4 is 0 Å². The molecule has 16 heavy (non-hydrogen) atoms. The van der Waals surface area contributed by atoms with Crippen molar-refractivity contribution in [3.8, 4) is 0 Å². The van der Waals surface area contributed by atoms with Gasteiger partial charge in [0.1, 0.15) is 18.2 Å². The Morgan fingerprint density at radius 1 is 1.38 bits per heavy atom. The molecule has 0 unspecified atom stereocenters. The van der Waals surface area contributed by atoms with Crippen LogP contribution in [0.25, 0.3) is 0 Å². The quantitative estimate of drug-likeness (QED) is 0.423. The Labute approximate surface area is 92.5 Å². The highest BCUT2D eigenvalue weighted by atomic mass is 19.1. The standard InChI is InChI=1S/C12H12F2O2/c1-2-3-7-16-8-11(15)12-9(13)5-4-6-10(12)14/h2,4-6H,1,3,7-8H2. The number of halogens is 2. The number of carbonyl (C=O) groups is 1. The molecule has 0 aliphatic rings. The van der Waals surface area contributed by atoms with Crippen LogP contribution in [-0.4, -0.2) is 19.0 Å². The molecule has 1 aromatic rings. The molecule has 0 bridgehead atoms. The molecule has 1 aromatic carbocycles. The van der Waals surface area contributed by atoms with Crippen molar-refractivity contribution >= 4 is 5.78 Å². The van der Waals surface area contributed by atoms with E-state index in [-0.39, 0.29) is 6.61 Å². The van der Waals surface area contributed by atoms with E-state index in [9.17, 15) is 13.6 Å². The summed E-state index contributed by atoms with van der Waals surface area (Å²) < 4.78 is 31.2. The lowest BCUT2D eigenvalue weighted by molar-refractivity contribution is 0.0760. The molecule has 0 atom stereocenters. The second kappa shape index (κ2) is 6.12. The number of carbonyl (C=O) groups excluding carboxylic acids is 1. The summed E-state index contributed by atoms with van der Waals surface area (Å²) in [6, 6.07) is 3.29. The Bertz CT molecular complexity index is 368. The highest BCUT2D eigenvalue weighted by molar-refractivity contribution is 5.97. The minimum Gasteiger partial charge on any atom is -0.373 e. The molecule has 0 saturated heterocycles. The van der Waals surface area contributed by atoms with Crippen LogP contribution in [0.5, 0.6) is 0 Å². The fourth-order valence-corrected chi connectivity index (χ4v) is 1.17. The van der Waals surface area contributed by atoms with Gasteiger partial charge in [0.15, 0.2) is 5.78 Å². The highest BCUT2D eigenvalue weighted by Crippen LogP contribution is 2.12. The molecule has 4 heteroatoms. The predicted molar refractivity (Wildman–Crippen MR) is 56.3 cm³/mol. The summed E-state index contributed by atoms with van der Waals surface area (Å²) in [7, 11) is 0. The fraction of sp³-hybridized carbons (Fsp3) is 0.250. The second-order valence-electron chi connectivity index (χ2n) is 3.15. The highest BCUT2D eigenvalue weighted by Gasteiger charge is 2.16. The number of Topliss-reactive ketones (excluding diaryl/α,β-unsaturated/α-hetero) is 1. The van der Waals surface area contributed by atoms with Gasteiger partial charge < -0.3 is 4.74 Å². The van der Waals surface area contributed by atoms with E-state index < -0.39 is 23.0 Å². The van der Waals surface area contributed by atoms with Crippen LogP contribution in [0.4, 0.5) is 8.78 Å². The van der Waals surface area contributed by atoms with E-state index in [2.05, 4.69) is 6.58 Å². The summed E-state index contributed by atoms with van der Waals surface area (Å²) in [6.07, 6.45) is 2.22.